The van der Waals surface area contributed by atoms with Crippen molar-refractivity contribution in [3.05, 3.63) is 35.4 Å². The van der Waals surface area contributed by atoms with Crippen molar-refractivity contribution < 1.29 is 18.3 Å². The summed E-state index contributed by atoms with van der Waals surface area (Å²) in [6, 6.07) is 4.94. The average molecular weight is 255 g/mol. The summed E-state index contributed by atoms with van der Waals surface area (Å²) in [5.41, 5.74) is 1.91. The van der Waals surface area contributed by atoms with Gasteiger partial charge in [-0.1, -0.05) is 6.07 Å². The lowest BCUT2D eigenvalue weighted by Gasteiger charge is -2.07. The number of carboxylic acids is 1. The monoisotopic (exact) mass is 255 g/mol. The molecule has 0 fully saturated rings. The Kier molecular flexibility index (Phi) is 3.90. The first-order valence-electron chi connectivity index (χ1n) is 4.77. The van der Waals surface area contributed by atoms with Gasteiger partial charge in [-0.3, -0.25) is 4.72 Å². The van der Waals surface area contributed by atoms with E-state index in [0.717, 1.165) is 17.9 Å². The molecular formula is C11H13NO4S. The van der Waals surface area contributed by atoms with Crippen molar-refractivity contribution in [1.82, 2.24) is 0 Å². The highest BCUT2D eigenvalue weighted by Gasteiger charge is 2.04. The number of rotatable bonds is 4. The zero-order valence-electron chi connectivity index (χ0n) is 9.47. The Morgan fingerprint density at radius 3 is 2.53 bits per heavy atom. The second-order valence-corrected chi connectivity index (χ2v) is 5.37. The molecule has 1 aromatic carbocycles. The molecule has 1 aromatic rings. The molecule has 0 bridgehead atoms. The summed E-state index contributed by atoms with van der Waals surface area (Å²) in [5.74, 6) is -1.03. The zero-order valence-corrected chi connectivity index (χ0v) is 10.3. The third-order valence-corrected chi connectivity index (χ3v) is 2.55. The van der Waals surface area contributed by atoms with E-state index in [1.54, 1.807) is 25.1 Å². The van der Waals surface area contributed by atoms with Crippen molar-refractivity contribution in [2.45, 2.75) is 6.92 Å². The van der Waals surface area contributed by atoms with Crippen molar-refractivity contribution in [2.24, 2.45) is 0 Å². The van der Waals surface area contributed by atoms with Crippen LogP contribution in [0.15, 0.2) is 24.3 Å². The molecule has 0 aliphatic rings. The van der Waals surface area contributed by atoms with E-state index in [1.807, 2.05) is 0 Å². The molecule has 0 spiro atoms. The molecule has 0 atom stereocenters. The van der Waals surface area contributed by atoms with Gasteiger partial charge in [0, 0.05) is 6.08 Å². The highest BCUT2D eigenvalue weighted by atomic mass is 32.2. The summed E-state index contributed by atoms with van der Waals surface area (Å²) in [6.45, 7) is 1.74. The third kappa shape index (κ3) is 4.69. The normalized spacial score (nSPS) is 11.6. The summed E-state index contributed by atoms with van der Waals surface area (Å²) < 4.78 is 24.5. The van der Waals surface area contributed by atoms with E-state index in [2.05, 4.69) is 4.72 Å². The molecule has 0 heterocycles. The lowest BCUT2D eigenvalue weighted by atomic mass is 10.1. The van der Waals surface area contributed by atoms with Crippen LogP contribution in [0.2, 0.25) is 0 Å². The molecule has 0 radical (unpaired) electrons. The second-order valence-electron chi connectivity index (χ2n) is 3.62. The van der Waals surface area contributed by atoms with E-state index in [1.165, 1.54) is 6.08 Å². The van der Waals surface area contributed by atoms with E-state index in [0.29, 0.717) is 11.3 Å². The molecule has 0 saturated carbocycles. The number of aryl methyl sites for hydroxylation is 1. The lowest BCUT2D eigenvalue weighted by molar-refractivity contribution is -0.131. The third-order valence-electron chi connectivity index (χ3n) is 1.96. The van der Waals surface area contributed by atoms with Crippen LogP contribution in [0.25, 0.3) is 6.08 Å². The van der Waals surface area contributed by atoms with E-state index < -0.39 is 16.0 Å². The van der Waals surface area contributed by atoms with Gasteiger partial charge in [-0.15, -0.1) is 0 Å². The van der Waals surface area contributed by atoms with E-state index in [9.17, 15) is 13.2 Å². The highest BCUT2D eigenvalue weighted by molar-refractivity contribution is 7.92. The van der Waals surface area contributed by atoms with Crippen LogP contribution in [0, 0.1) is 6.92 Å². The van der Waals surface area contributed by atoms with Crippen molar-refractivity contribution in [3.8, 4) is 0 Å². The first-order chi connectivity index (χ1) is 7.78. The second kappa shape index (κ2) is 5.01. The molecule has 5 nitrogen and oxygen atoms in total. The number of carbonyl (C=O) groups is 1. The van der Waals surface area contributed by atoms with Crippen LogP contribution in [-0.4, -0.2) is 25.7 Å². The number of anilines is 1. The summed E-state index contributed by atoms with van der Waals surface area (Å²) in [6.07, 6.45) is 3.54. The van der Waals surface area contributed by atoms with Gasteiger partial charge in [0.15, 0.2) is 0 Å². The maximum absolute atomic E-state index is 11.1. The smallest absolute Gasteiger partial charge is 0.328 e. The molecule has 92 valence electrons. The van der Waals surface area contributed by atoms with Crippen LogP contribution >= 0.6 is 0 Å². The predicted octanol–water partition coefficient (Wildman–Crippen LogP) is 1.46. The summed E-state index contributed by atoms with van der Waals surface area (Å²) in [4.78, 5) is 10.3. The maximum atomic E-state index is 11.1. The molecule has 0 aliphatic heterocycles. The number of carboxylic acid groups (broad SMARTS) is 1. The zero-order chi connectivity index (χ0) is 13.1. The average Bonchev–Trinajstić information content (AvgIpc) is 2.17. The summed E-state index contributed by atoms with van der Waals surface area (Å²) >= 11 is 0. The van der Waals surface area contributed by atoms with Crippen LogP contribution in [0.5, 0.6) is 0 Å². The van der Waals surface area contributed by atoms with Gasteiger partial charge in [-0.2, -0.15) is 0 Å². The van der Waals surface area contributed by atoms with Gasteiger partial charge in [-0.25, -0.2) is 13.2 Å². The van der Waals surface area contributed by atoms with Crippen LogP contribution in [-0.2, 0) is 14.8 Å². The highest BCUT2D eigenvalue weighted by Crippen LogP contribution is 2.18. The van der Waals surface area contributed by atoms with Crippen molar-refractivity contribution in [2.75, 3.05) is 11.0 Å². The maximum Gasteiger partial charge on any atom is 0.328 e. The standard InChI is InChI=1S/C11H13NO4S/c1-8-7-9(4-6-11(13)14)3-5-10(8)12-17(2,15)16/h3-7,12H,1-2H3,(H,13,14). The molecule has 6 heteroatoms. The van der Waals surface area contributed by atoms with Crippen molar-refractivity contribution in [1.29, 1.82) is 0 Å². The fraction of sp³-hybridized carbons (Fsp3) is 0.182. The van der Waals surface area contributed by atoms with Gasteiger partial charge in [0.25, 0.3) is 0 Å². The number of nitrogens with one attached hydrogen (secondary N) is 1. The summed E-state index contributed by atoms with van der Waals surface area (Å²) in [7, 11) is -3.30. The van der Waals surface area contributed by atoms with Crippen molar-refractivity contribution in [3.63, 3.8) is 0 Å². The van der Waals surface area contributed by atoms with Gasteiger partial charge >= 0.3 is 5.97 Å². The van der Waals surface area contributed by atoms with Gasteiger partial charge < -0.3 is 5.11 Å². The molecular weight excluding hydrogens is 242 g/mol. The molecule has 0 aromatic heterocycles. The first kappa shape index (κ1) is 13.2. The number of hydrogen-bond acceptors (Lipinski definition) is 3. The molecule has 0 saturated heterocycles. The Bertz CT molecular complexity index is 561. The SMILES string of the molecule is Cc1cc(C=CC(=O)O)ccc1NS(C)(=O)=O. The van der Waals surface area contributed by atoms with E-state index in [-0.39, 0.29) is 0 Å². The minimum atomic E-state index is -3.30. The Labute approximate surface area is 99.8 Å². The molecule has 17 heavy (non-hydrogen) atoms. The molecule has 0 unspecified atom stereocenters. The minimum absolute atomic E-state index is 0.486. The van der Waals surface area contributed by atoms with Crippen LogP contribution in [0.3, 0.4) is 0 Å². The van der Waals surface area contributed by atoms with Gasteiger partial charge in [0.05, 0.1) is 11.9 Å². The molecule has 1 rings (SSSR count). The first-order valence-corrected chi connectivity index (χ1v) is 6.66. The number of sulfonamides is 1. The Hall–Kier alpha value is -1.82. The Morgan fingerprint density at radius 2 is 2.06 bits per heavy atom. The van der Waals surface area contributed by atoms with Gasteiger partial charge in [0.2, 0.25) is 10.0 Å². The van der Waals surface area contributed by atoms with Crippen LogP contribution in [0.4, 0.5) is 5.69 Å². The fourth-order valence-electron chi connectivity index (χ4n) is 1.27. The Morgan fingerprint density at radius 1 is 1.41 bits per heavy atom. The minimum Gasteiger partial charge on any atom is -0.478 e. The Balaban J connectivity index is 2.98. The number of hydrogen-bond donors (Lipinski definition) is 2. The topological polar surface area (TPSA) is 83.5 Å². The fourth-order valence-corrected chi connectivity index (χ4v) is 1.90. The molecule has 0 amide bonds. The molecule has 0 aliphatic carbocycles. The quantitative estimate of drug-likeness (QED) is 0.798. The van der Waals surface area contributed by atoms with Gasteiger partial charge in [-0.05, 0) is 36.3 Å². The van der Waals surface area contributed by atoms with Crippen molar-refractivity contribution >= 4 is 27.8 Å². The largest absolute Gasteiger partial charge is 0.478 e. The lowest BCUT2D eigenvalue weighted by Crippen LogP contribution is -2.10. The van der Waals surface area contributed by atoms with Crippen LogP contribution in [0.1, 0.15) is 11.1 Å². The van der Waals surface area contributed by atoms with E-state index in [4.69, 9.17) is 5.11 Å². The number of benzene rings is 1. The number of aliphatic carboxylic acids is 1. The van der Waals surface area contributed by atoms with Gasteiger partial charge in [0.1, 0.15) is 0 Å². The molecule has 2 N–H and O–H groups in total. The predicted molar refractivity (Wildman–Crippen MR) is 66.3 cm³/mol. The summed E-state index contributed by atoms with van der Waals surface area (Å²) in [5, 5.41) is 8.47. The van der Waals surface area contributed by atoms with E-state index >= 15 is 0 Å². The van der Waals surface area contributed by atoms with Crippen LogP contribution < -0.4 is 4.72 Å².